The van der Waals surface area contributed by atoms with Crippen molar-refractivity contribution in [3.8, 4) is 0 Å². The topological polar surface area (TPSA) is 109 Å². The van der Waals surface area contributed by atoms with Crippen molar-refractivity contribution in [2.24, 2.45) is 5.92 Å². The van der Waals surface area contributed by atoms with Crippen LogP contribution in [-0.2, 0) is 25.3 Å². The number of Topliss-reactive ketones (excluding diaryl/α,β-unsaturated/α-hetero) is 1. The third kappa shape index (κ3) is 5.15. The van der Waals surface area contributed by atoms with Crippen LogP contribution in [0.1, 0.15) is 40.0 Å². The minimum absolute atomic E-state index is 0.0546. The molecule has 2 unspecified atom stereocenters. The summed E-state index contributed by atoms with van der Waals surface area (Å²) in [5.74, 6) is -1.36. The van der Waals surface area contributed by atoms with Crippen molar-refractivity contribution in [1.82, 2.24) is 4.72 Å². The van der Waals surface area contributed by atoms with Crippen LogP contribution < -0.4 is 4.72 Å². The molecule has 1 rings (SSSR count). The molecule has 0 amide bonds. The number of nitrogens with zero attached hydrogens (tertiary/aromatic N) is 2. The summed E-state index contributed by atoms with van der Waals surface area (Å²) in [4.78, 5) is 26.0. The van der Waals surface area contributed by atoms with Crippen LogP contribution in [-0.4, -0.2) is 44.4 Å². The molecule has 0 aliphatic heterocycles. The van der Waals surface area contributed by atoms with Crippen molar-refractivity contribution in [2.75, 3.05) is 7.11 Å². The number of esters is 1. The summed E-state index contributed by atoms with van der Waals surface area (Å²) in [6, 6.07) is -0.307. The van der Waals surface area contributed by atoms with Crippen LogP contribution in [0.15, 0.2) is 0 Å². The molecular formula is C13H21N3O4S. The fourth-order valence-corrected chi connectivity index (χ4v) is 2.63. The molecule has 2 atom stereocenters. The molecule has 118 valence electrons. The number of nitrogens with one attached hydrogen (secondary N) is 1. The van der Waals surface area contributed by atoms with E-state index in [1.807, 2.05) is 20.8 Å². The highest BCUT2D eigenvalue weighted by Crippen LogP contribution is 2.34. The maximum absolute atomic E-state index is 12.1. The van der Waals surface area contributed by atoms with E-state index in [2.05, 4.69) is 14.2 Å². The van der Waals surface area contributed by atoms with Crippen molar-refractivity contribution in [1.29, 1.82) is 0 Å². The number of ether oxygens (including phenoxy) is 1. The lowest BCUT2D eigenvalue weighted by Gasteiger charge is -2.23. The van der Waals surface area contributed by atoms with Gasteiger partial charge in [-0.25, -0.2) is 13.7 Å². The van der Waals surface area contributed by atoms with Crippen molar-refractivity contribution in [2.45, 2.75) is 50.8 Å². The van der Waals surface area contributed by atoms with Gasteiger partial charge >= 0.3 is 11.7 Å². The van der Waals surface area contributed by atoms with Gasteiger partial charge in [-0.2, -0.15) is 4.79 Å². The van der Waals surface area contributed by atoms with Crippen LogP contribution in [0, 0.1) is 5.92 Å². The maximum Gasteiger partial charge on any atom is 0.441 e. The number of carbonyl (C=O) groups is 2. The molecule has 1 fully saturated rings. The van der Waals surface area contributed by atoms with Crippen LogP contribution in [0.3, 0.4) is 0 Å². The Morgan fingerprint density at radius 1 is 1.43 bits per heavy atom. The second-order valence-corrected chi connectivity index (χ2v) is 8.01. The Labute approximate surface area is 126 Å². The summed E-state index contributed by atoms with van der Waals surface area (Å²) < 4.78 is 19.0. The Hall–Kier alpha value is -1.37. The van der Waals surface area contributed by atoms with Crippen LogP contribution in [0.25, 0.3) is 5.53 Å². The summed E-state index contributed by atoms with van der Waals surface area (Å²) in [7, 11) is -0.210. The number of rotatable bonds is 7. The van der Waals surface area contributed by atoms with E-state index in [0.717, 1.165) is 20.0 Å². The van der Waals surface area contributed by atoms with E-state index >= 15 is 0 Å². The number of ketones is 1. The zero-order chi connectivity index (χ0) is 16.2. The van der Waals surface area contributed by atoms with Crippen LogP contribution in [0.4, 0.5) is 0 Å². The predicted molar refractivity (Wildman–Crippen MR) is 77.8 cm³/mol. The van der Waals surface area contributed by atoms with Gasteiger partial charge in [-0.3, -0.25) is 4.79 Å². The normalized spacial score (nSPS) is 17.5. The predicted octanol–water partition coefficient (Wildman–Crippen LogP) is 0.620. The third-order valence-electron chi connectivity index (χ3n) is 3.15. The standard InChI is InChI=1S/C13H21N3O4S/c1-13(2,3)21(19)16-9(8-5-6-8)7-10(17)11(15-14)12(18)20-4/h8-9,16H,5-7H2,1-4H3. The summed E-state index contributed by atoms with van der Waals surface area (Å²) in [6.45, 7) is 5.49. The fourth-order valence-electron chi connectivity index (χ4n) is 1.72. The minimum atomic E-state index is -1.31. The molecule has 0 heterocycles. The lowest BCUT2D eigenvalue weighted by Crippen LogP contribution is -2.43. The highest BCUT2D eigenvalue weighted by molar-refractivity contribution is 7.84. The van der Waals surface area contributed by atoms with Crippen molar-refractivity contribution in [3.63, 3.8) is 0 Å². The third-order valence-corrected chi connectivity index (χ3v) is 4.78. The molecule has 0 aromatic rings. The first-order valence-corrected chi connectivity index (χ1v) is 7.87. The average Bonchev–Trinajstić information content (AvgIpc) is 3.21. The number of hydrogen-bond acceptors (Lipinski definition) is 4. The second kappa shape index (κ2) is 7.06. The van der Waals surface area contributed by atoms with E-state index in [-0.39, 0.29) is 18.4 Å². The first-order chi connectivity index (χ1) is 9.70. The van der Waals surface area contributed by atoms with Gasteiger partial charge in [0.25, 0.3) is 5.78 Å². The van der Waals surface area contributed by atoms with Gasteiger partial charge in [0, 0.05) is 12.5 Å². The Balaban J connectivity index is 2.76. The summed E-state index contributed by atoms with van der Waals surface area (Å²) >= 11 is 0. The Morgan fingerprint density at radius 3 is 2.38 bits per heavy atom. The molecular weight excluding hydrogens is 294 g/mol. The molecule has 0 spiro atoms. The summed E-state index contributed by atoms with van der Waals surface area (Å²) in [5, 5.41) is 0. The molecule has 0 bridgehead atoms. The molecule has 1 N–H and O–H groups in total. The highest BCUT2D eigenvalue weighted by atomic mass is 32.2. The van der Waals surface area contributed by atoms with Crippen LogP contribution in [0.2, 0.25) is 0 Å². The lowest BCUT2D eigenvalue weighted by atomic mass is 10.0. The molecule has 0 aromatic heterocycles. The highest BCUT2D eigenvalue weighted by Gasteiger charge is 2.39. The molecule has 1 aliphatic rings. The van der Waals surface area contributed by atoms with E-state index in [1.165, 1.54) is 0 Å². The van der Waals surface area contributed by atoms with Gasteiger partial charge in [0.15, 0.2) is 0 Å². The molecule has 1 saturated carbocycles. The van der Waals surface area contributed by atoms with Crippen LogP contribution in [0.5, 0.6) is 0 Å². The van der Waals surface area contributed by atoms with Crippen molar-refractivity contribution < 1.29 is 23.3 Å². The monoisotopic (exact) mass is 315 g/mol. The van der Waals surface area contributed by atoms with E-state index < -0.39 is 33.2 Å². The van der Waals surface area contributed by atoms with Gasteiger partial charge < -0.3 is 10.3 Å². The molecule has 0 radical (unpaired) electrons. The maximum atomic E-state index is 12.1. The molecule has 0 aromatic carbocycles. The van der Waals surface area contributed by atoms with E-state index in [4.69, 9.17) is 5.53 Å². The van der Waals surface area contributed by atoms with Crippen LogP contribution >= 0.6 is 0 Å². The number of hydrogen-bond donors (Lipinski definition) is 1. The number of methoxy groups -OCH3 is 1. The first-order valence-electron chi connectivity index (χ1n) is 6.72. The van der Waals surface area contributed by atoms with Gasteiger partial charge in [0.05, 0.1) is 22.8 Å². The Morgan fingerprint density at radius 2 is 2.00 bits per heavy atom. The summed E-state index contributed by atoms with van der Waals surface area (Å²) in [6.07, 6.45) is 1.83. The van der Waals surface area contributed by atoms with Gasteiger partial charge in [0.2, 0.25) is 0 Å². The molecule has 1 aliphatic carbocycles. The first kappa shape index (κ1) is 17.7. The van der Waals surface area contributed by atoms with Gasteiger partial charge in [0.1, 0.15) is 0 Å². The molecule has 8 heteroatoms. The molecule has 0 saturated heterocycles. The average molecular weight is 315 g/mol. The fraction of sp³-hybridized carbons (Fsp3) is 0.769. The largest absolute Gasteiger partial charge is 0.460 e. The Kier molecular flexibility index (Phi) is 5.95. The van der Waals surface area contributed by atoms with Gasteiger partial charge in [-0.1, -0.05) is 0 Å². The number of carbonyl (C=O) groups excluding carboxylic acids is 2. The van der Waals surface area contributed by atoms with Gasteiger partial charge in [-0.15, -0.1) is 0 Å². The van der Waals surface area contributed by atoms with E-state index in [0.29, 0.717) is 0 Å². The lowest BCUT2D eigenvalue weighted by molar-refractivity contribution is -0.139. The van der Waals surface area contributed by atoms with Gasteiger partial charge in [-0.05, 0) is 39.5 Å². The SMILES string of the molecule is COC(=O)C(=[N+]=[N-])C(=O)CC(NS(=O)C(C)(C)C)C1CC1. The van der Waals surface area contributed by atoms with E-state index in [1.54, 1.807) is 0 Å². The van der Waals surface area contributed by atoms with Crippen molar-refractivity contribution >= 4 is 28.4 Å². The minimum Gasteiger partial charge on any atom is -0.460 e. The second-order valence-electron chi connectivity index (χ2n) is 6.01. The Bertz CT molecular complexity index is 502. The molecule has 7 nitrogen and oxygen atoms in total. The summed E-state index contributed by atoms with van der Waals surface area (Å²) in [5.41, 5.74) is 8.13. The zero-order valence-electron chi connectivity index (χ0n) is 12.7. The van der Waals surface area contributed by atoms with E-state index in [9.17, 15) is 13.8 Å². The molecule has 21 heavy (non-hydrogen) atoms. The quantitative estimate of drug-likeness (QED) is 0.244. The smallest absolute Gasteiger partial charge is 0.441 e. The zero-order valence-corrected chi connectivity index (χ0v) is 13.5. The van der Waals surface area contributed by atoms with Crippen molar-refractivity contribution in [3.05, 3.63) is 5.53 Å².